The highest BCUT2D eigenvalue weighted by Gasteiger charge is 2.32. The van der Waals surface area contributed by atoms with Crippen molar-refractivity contribution in [3.63, 3.8) is 0 Å². The van der Waals surface area contributed by atoms with Gasteiger partial charge in [-0.05, 0) is 24.3 Å². The Labute approximate surface area is 182 Å². The molecule has 7 nitrogen and oxygen atoms in total. The van der Waals surface area contributed by atoms with Crippen molar-refractivity contribution in [2.45, 2.75) is 6.36 Å². The summed E-state index contributed by atoms with van der Waals surface area (Å²) in [6.45, 7) is 2.20. The van der Waals surface area contributed by atoms with Crippen LogP contribution < -0.4 is 10.1 Å². The molecule has 1 saturated heterocycles. The van der Waals surface area contributed by atoms with Gasteiger partial charge in [-0.15, -0.1) is 13.2 Å². The van der Waals surface area contributed by atoms with Crippen molar-refractivity contribution in [1.29, 1.82) is 0 Å². The fourth-order valence-corrected chi connectivity index (χ4v) is 3.45. The fraction of sp³-hybridized carbons (Fsp3) is 0.273. The van der Waals surface area contributed by atoms with Gasteiger partial charge in [0, 0.05) is 18.7 Å². The van der Waals surface area contributed by atoms with Gasteiger partial charge in [0.25, 0.3) is 0 Å². The summed E-state index contributed by atoms with van der Waals surface area (Å²) in [5.41, 5.74) is 2.02. The second kappa shape index (κ2) is 9.41. The highest BCUT2D eigenvalue weighted by atomic mass is 19.4. The van der Waals surface area contributed by atoms with E-state index in [2.05, 4.69) is 15.2 Å². The summed E-state index contributed by atoms with van der Waals surface area (Å²) in [5.74, 6) is -0.940. The largest absolute Gasteiger partial charge is 0.573 e. The number of amides is 1. The van der Waals surface area contributed by atoms with Crippen LogP contribution >= 0.6 is 0 Å². The number of halogens is 3. The minimum absolute atomic E-state index is 0.0378. The number of ether oxygens (including phenoxy) is 2. The van der Waals surface area contributed by atoms with Gasteiger partial charge in [-0.1, -0.05) is 30.3 Å². The Balaban J connectivity index is 1.63. The molecule has 0 bridgehead atoms. The molecule has 2 heterocycles. The van der Waals surface area contributed by atoms with Crippen LogP contribution in [0, 0.1) is 0 Å². The first kappa shape index (κ1) is 21.8. The average molecular weight is 446 g/mol. The number of carbonyl (C=O) groups excluding carboxylic acids is 1. The molecule has 0 unspecified atom stereocenters. The van der Waals surface area contributed by atoms with Gasteiger partial charge in [0.05, 0.1) is 43.0 Å². The third-order valence-corrected chi connectivity index (χ3v) is 4.89. The first-order valence-corrected chi connectivity index (χ1v) is 9.99. The molecule has 1 amide bonds. The predicted octanol–water partition coefficient (Wildman–Crippen LogP) is 3.71. The van der Waals surface area contributed by atoms with Crippen LogP contribution in [-0.4, -0.2) is 59.8 Å². The molecule has 1 N–H and O–H groups in total. The molecule has 0 spiro atoms. The van der Waals surface area contributed by atoms with Gasteiger partial charge in [0.15, 0.2) is 5.75 Å². The molecule has 10 heteroatoms. The van der Waals surface area contributed by atoms with Crippen molar-refractivity contribution in [2.75, 3.05) is 38.2 Å². The van der Waals surface area contributed by atoms with Gasteiger partial charge in [0.1, 0.15) is 0 Å². The minimum Gasteiger partial charge on any atom is -0.404 e. The molecule has 1 aliphatic heterocycles. The number of carbonyl (C=O) groups is 1. The van der Waals surface area contributed by atoms with Gasteiger partial charge in [-0.3, -0.25) is 9.69 Å². The van der Waals surface area contributed by atoms with E-state index in [1.807, 2.05) is 35.2 Å². The van der Waals surface area contributed by atoms with Gasteiger partial charge < -0.3 is 14.8 Å². The third-order valence-electron chi connectivity index (χ3n) is 4.89. The van der Waals surface area contributed by atoms with Gasteiger partial charge >= 0.3 is 6.36 Å². The molecular formula is C22H21F3N4O3. The maximum Gasteiger partial charge on any atom is 0.573 e. The number of benzene rings is 2. The van der Waals surface area contributed by atoms with Crippen molar-refractivity contribution in [3.8, 4) is 22.7 Å². The van der Waals surface area contributed by atoms with Crippen molar-refractivity contribution in [2.24, 2.45) is 0 Å². The molecule has 1 fully saturated rings. The predicted molar refractivity (Wildman–Crippen MR) is 112 cm³/mol. The monoisotopic (exact) mass is 446 g/mol. The fourth-order valence-electron chi connectivity index (χ4n) is 3.45. The number of nitrogens with zero attached hydrogens (tertiary/aromatic N) is 3. The normalized spacial score (nSPS) is 14.8. The third kappa shape index (κ3) is 5.45. The molecule has 0 radical (unpaired) electrons. The van der Waals surface area contributed by atoms with E-state index in [-0.39, 0.29) is 12.2 Å². The van der Waals surface area contributed by atoms with Crippen molar-refractivity contribution in [3.05, 3.63) is 60.8 Å². The van der Waals surface area contributed by atoms with Crippen molar-refractivity contribution < 1.29 is 27.4 Å². The molecule has 32 heavy (non-hydrogen) atoms. The molecule has 0 saturated carbocycles. The molecule has 168 valence electrons. The molecule has 2 aromatic carbocycles. The number of rotatable bonds is 6. The molecule has 0 aliphatic carbocycles. The Morgan fingerprint density at radius 1 is 1.09 bits per heavy atom. The summed E-state index contributed by atoms with van der Waals surface area (Å²) in [6, 6.07) is 15.3. The zero-order chi connectivity index (χ0) is 22.6. The number of alkyl halides is 3. The quantitative estimate of drug-likeness (QED) is 0.625. The molecule has 0 atom stereocenters. The number of nitrogens with one attached hydrogen (secondary N) is 1. The van der Waals surface area contributed by atoms with Crippen LogP contribution in [0.2, 0.25) is 0 Å². The first-order chi connectivity index (χ1) is 15.4. The Morgan fingerprint density at radius 2 is 1.84 bits per heavy atom. The number of hydrogen-bond acceptors (Lipinski definition) is 5. The highest BCUT2D eigenvalue weighted by Crippen LogP contribution is 2.33. The maximum absolute atomic E-state index is 12.9. The van der Waals surface area contributed by atoms with Crippen LogP contribution in [0.5, 0.6) is 5.75 Å². The summed E-state index contributed by atoms with van der Waals surface area (Å²) in [6.07, 6.45) is -3.30. The van der Waals surface area contributed by atoms with Crippen LogP contribution in [0.3, 0.4) is 0 Å². The Bertz CT molecular complexity index is 1060. The summed E-state index contributed by atoms with van der Waals surface area (Å²) < 4.78 is 49.7. The lowest BCUT2D eigenvalue weighted by atomic mass is 10.1. The lowest BCUT2D eigenvalue weighted by Crippen LogP contribution is -2.41. The first-order valence-electron chi connectivity index (χ1n) is 9.99. The lowest BCUT2D eigenvalue weighted by molar-refractivity contribution is -0.274. The number of anilines is 1. The van der Waals surface area contributed by atoms with E-state index in [1.54, 1.807) is 16.9 Å². The Morgan fingerprint density at radius 3 is 2.56 bits per heavy atom. The van der Waals surface area contributed by atoms with E-state index in [1.165, 1.54) is 18.2 Å². The molecular weight excluding hydrogens is 425 g/mol. The summed E-state index contributed by atoms with van der Waals surface area (Å²) in [7, 11) is 0. The van der Waals surface area contributed by atoms with Crippen LogP contribution in [0.1, 0.15) is 0 Å². The number of hydrogen-bond donors (Lipinski definition) is 1. The Kier molecular flexibility index (Phi) is 6.42. The zero-order valence-electron chi connectivity index (χ0n) is 17.0. The second-order valence-electron chi connectivity index (χ2n) is 7.16. The van der Waals surface area contributed by atoms with Crippen LogP contribution in [-0.2, 0) is 9.53 Å². The minimum atomic E-state index is -4.90. The highest BCUT2D eigenvalue weighted by molar-refractivity contribution is 5.94. The van der Waals surface area contributed by atoms with Gasteiger partial charge in [-0.25, -0.2) is 4.68 Å². The second-order valence-corrected chi connectivity index (χ2v) is 7.16. The van der Waals surface area contributed by atoms with E-state index in [4.69, 9.17) is 4.74 Å². The smallest absolute Gasteiger partial charge is 0.404 e. The van der Waals surface area contributed by atoms with Crippen LogP contribution in [0.25, 0.3) is 16.9 Å². The van der Waals surface area contributed by atoms with Crippen molar-refractivity contribution >= 4 is 11.6 Å². The van der Waals surface area contributed by atoms with Crippen LogP contribution in [0.15, 0.2) is 60.8 Å². The molecule has 1 aliphatic rings. The van der Waals surface area contributed by atoms with E-state index in [0.29, 0.717) is 32.0 Å². The van der Waals surface area contributed by atoms with Crippen LogP contribution in [0.4, 0.5) is 18.9 Å². The summed E-state index contributed by atoms with van der Waals surface area (Å²) in [4.78, 5) is 14.4. The molecule has 3 aromatic rings. The number of morpholine rings is 1. The molecule has 4 rings (SSSR count). The van der Waals surface area contributed by atoms with E-state index in [0.717, 1.165) is 11.3 Å². The van der Waals surface area contributed by atoms with Gasteiger partial charge in [-0.2, -0.15) is 5.10 Å². The van der Waals surface area contributed by atoms with E-state index in [9.17, 15) is 18.0 Å². The molecule has 1 aromatic heterocycles. The van der Waals surface area contributed by atoms with E-state index < -0.39 is 18.0 Å². The standard InChI is InChI=1S/C22H21F3N4O3/c23-22(24,25)32-20-7-6-17(29-19(8-9-26-29)16-4-2-1-3-5-16)14-18(20)27-21(30)15-28-10-12-31-13-11-28/h1-9,14H,10-13,15H2,(H,27,30). The average Bonchev–Trinajstić information content (AvgIpc) is 3.25. The lowest BCUT2D eigenvalue weighted by Gasteiger charge is -2.26. The topological polar surface area (TPSA) is 68.6 Å². The van der Waals surface area contributed by atoms with Gasteiger partial charge in [0.2, 0.25) is 5.91 Å². The number of aromatic nitrogens is 2. The maximum atomic E-state index is 12.9. The summed E-state index contributed by atoms with van der Waals surface area (Å²) >= 11 is 0. The Hall–Kier alpha value is -3.37. The summed E-state index contributed by atoms with van der Waals surface area (Å²) in [5, 5.41) is 6.85. The zero-order valence-corrected chi connectivity index (χ0v) is 17.0. The van der Waals surface area contributed by atoms with E-state index >= 15 is 0 Å². The van der Waals surface area contributed by atoms with Crippen molar-refractivity contribution in [1.82, 2.24) is 14.7 Å². The SMILES string of the molecule is O=C(CN1CCOCC1)Nc1cc(-n2nccc2-c2ccccc2)ccc1OC(F)(F)F.